The summed E-state index contributed by atoms with van der Waals surface area (Å²) in [7, 11) is 0. The van der Waals surface area contributed by atoms with Crippen molar-refractivity contribution in [3.05, 3.63) is 0 Å². The van der Waals surface area contributed by atoms with Gasteiger partial charge < -0.3 is 20.5 Å². The Hall–Kier alpha value is -1.30. The van der Waals surface area contributed by atoms with Crippen molar-refractivity contribution in [3.8, 4) is 0 Å². The van der Waals surface area contributed by atoms with Gasteiger partial charge in [-0.3, -0.25) is 4.79 Å². The molecule has 0 aromatic rings. The maximum atomic E-state index is 11.4. The maximum absolute atomic E-state index is 11.4. The van der Waals surface area contributed by atoms with Gasteiger partial charge in [0.1, 0.15) is 0 Å². The third-order valence-electron chi connectivity index (χ3n) is 3.19. The number of ether oxygens (including phenoxy) is 1. The smallest absolute Gasteiger partial charge is 0.314 e. The molecule has 6 heteroatoms. The highest BCUT2D eigenvalue weighted by atomic mass is 16.5. The number of urea groups is 1. The number of carboxylic acids is 1. The van der Waals surface area contributed by atoms with Gasteiger partial charge in [0.25, 0.3) is 0 Å². The predicted octanol–water partition coefficient (Wildman–Crippen LogP) is 0.967. The average Bonchev–Trinajstić information content (AvgIpc) is 3.07. The zero-order valence-corrected chi connectivity index (χ0v) is 10.8. The van der Waals surface area contributed by atoms with Crippen LogP contribution in [0.3, 0.4) is 0 Å². The highest BCUT2D eigenvalue weighted by Crippen LogP contribution is 2.48. The third-order valence-corrected chi connectivity index (χ3v) is 3.19. The molecule has 1 rings (SSSR count). The molecule has 0 bridgehead atoms. The molecule has 0 aromatic carbocycles. The second-order valence-corrected chi connectivity index (χ2v) is 4.70. The summed E-state index contributed by atoms with van der Waals surface area (Å²) in [6.07, 6.45) is 3.16. The molecule has 104 valence electrons. The molecule has 0 unspecified atom stereocenters. The monoisotopic (exact) mass is 258 g/mol. The van der Waals surface area contributed by atoms with Gasteiger partial charge in [0, 0.05) is 26.3 Å². The lowest BCUT2D eigenvalue weighted by molar-refractivity contribution is -0.136. The van der Waals surface area contributed by atoms with E-state index in [2.05, 4.69) is 10.6 Å². The largest absolute Gasteiger partial charge is 0.481 e. The van der Waals surface area contributed by atoms with Crippen molar-refractivity contribution in [3.63, 3.8) is 0 Å². The lowest BCUT2D eigenvalue weighted by Gasteiger charge is -2.16. The van der Waals surface area contributed by atoms with Crippen LogP contribution in [0.25, 0.3) is 0 Å². The summed E-state index contributed by atoms with van der Waals surface area (Å²) in [6.45, 7) is 4.22. The van der Waals surface area contributed by atoms with Crippen LogP contribution in [-0.2, 0) is 9.53 Å². The van der Waals surface area contributed by atoms with E-state index in [-0.39, 0.29) is 24.4 Å². The number of hydrogen-bond donors (Lipinski definition) is 3. The Bertz CT molecular complexity index is 290. The second-order valence-electron chi connectivity index (χ2n) is 4.70. The Morgan fingerprint density at radius 1 is 1.33 bits per heavy atom. The summed E-state index contributed by atoms with van der Waals surface area (Å²) in [4.78, 5) is 21.7. The van der Waals surface area contributed by atoms with Crippen molar-refractivity contribution >= 4 is 12.0 Å². The van der Waals surface area contributed by atoms with E-state index in [9.17, 15) is 9.59 Å². The van der Waals surface area contributed by atoms with Crippen LogP contribution in [0.1, 0.15) is 32.6 Å². The first-order valence-electron chi connectivity index (χ1n) is 6.39. The molecule has 1 fully saturated rings. The summed E-state index contributed by atoms with van der Waals surface area (Å²) in [5.41, 5.74) is 0.208. The van der Waals surface area contributed by atoms with Crippen molar-refractivity contribution in [2.24, 2.45) is 5.41 Å². The van der Waals surface area contributed by atoms with E-state index in [0.29, 0.717) is 6.54 Å². The molecule has 18 heavy (non-hydrogen) atoms. The normalized spacial score (nSPS) is 16.1. The van der Waals surface area contributed by atoms with Crippen molar-refractivity contribution in [1.82, 2.24) is 10.6 Å². The van der Waals surface area contributed by atoms with E-state index < -0.39 is 5.97 Å². The molecule has 0 saturated heterocycles. The summed E-state index contributed by atoms with van der Waals surface area (Å²) < 4.78 is 5.31. The highest BCUT2D eigenvalue weighted by molar-refractivity contribution is 5.75. The minimum Gasteiger partial charge on any atom is -0.481 e. The number of carbonyl (C=O) groups excluding carboxylic acids is 1. The summed E-state index contributed by atoms with van der Waals surface area (Å²) in [6, 6.07) is -0.293. The van der Waals surface area contributed by atoms with E-state index in [1.807, 2.05) is 6.92 Å². The number of aliphatic carboxylic acids is 1. The van der Waals surface area contributed by atoms with Gasteiger partial charge in [0.05, 0.1) is 6.42 Å². The fourth-order valence-corrected chi connectivity index (χ4v) is 1.74. The second kappa shape index (κ2) is 7.20. The zero-order valence-electron chi connectivity index (χ0n) is 10.8. The summed E-state index contributed by atoms with van der Waals surface area (Å²) >= 11 is 0. The minimum atomic E-state index is -0.911. The van der Waals surface area contributed by atoms with Gasteiger partial charge in [-0.05, 0) is 31.6 Å². The summed E-state index contributed by atoms with van der Waals surface area (Å²) in [5.74, 6) is -0.911. The fourth-order valence-electron chi connectivity index (χ4n) is 1.74. The van der Waals surface area contributed by atoms with Gasteiger partial charge >= 0.3 is 12.0 Å². The number of carbonyl (C=O) groups is 2. The molecule has 2 amide bonds. The first-order valence-corrected chi connectivity index (χ1v) is 6.39. The molecule has 0 atom stereocenters. The van der Waals surface area contributed by atoms with E-state index in [0.717, 1.165) is 32.5 Å². The Morgan fingerprint density at radius 2 is 2.06 bits per heavy atom. The molecule has 1 aliphatic carbocycles. The SMILES string of the molecule is CCOCCC1(CNC(=O)NCCC(=O)O)CC1. The van der Waals surface area contributed by atoms with Gasteiger partial charge in [-0.2, -0.15) is 0 Å². The number of amides is 2. The van der Waals surface area contributed by atoms with Crippen molar-refractivity contribution < 1.29 is 19.4 Å². The van der Waals surface area contributed by atoms with Crippen LogP contribution < -0.4 is 10.6 Å². The molecule has 0 aliphatic heterocycles. The van der Waals surface area contributed by atoms with E-state index in [4.69, 9.17) is 9.84 Å². The van der Waals surface area contributed by atoms with Crippen LogP contribution in [-0.4, -0.2) is 43.4 Å². The Labute approximate surface area is 107 Å². The molecule has 0 aromatic heterocycles. The number of rotatable bonds is 9. The minimum absolute atomic E-state index is 0.0527. The van der Waals surface area contributed by atoms with Crippen molar-refractivity contribution in [2.45, 2.75) is 32.6 Å². The number of carboxylic acid groups (broad SMARTS) is 1. The molecule has 0 heterocycles. The molecule has 6 nitrogen and oxygen atoms in total. The van der Waals surface area contributed by atoms with E-state index in [1.165, 1.54) is 0 Å². The van der Waals surface area contributed by atoms with Gasteiger partial charge in [0.15, 0.2) is 0 Å². The zero-order chi connectivity index (χ0) is 13.4. The maximum Gasteiger partial charge on any atom is 0.314 e. The van der Waals surface area contributed by atoms with Gasteiger partial charge in [-0.1, -0.05) is 0 Å². The van der Waals surface area contributed by atoms with Crippen molar-refractivity contribution in [2.75, 3.05) is 26.3 Å². The van der Waals surface area contributed by atoms with Crippen LogP contribution in [0, 0.1) is 5.41 Å². The van der Waals surface area contributed by atoms with Crippen LogP contribution in [0.2, 0.25) is 0 Å². The summed E-state index contributed by atoms with van der Waals surface area (Å²) in [5, 5.41) is 13.7. The van der Waals surface area contributed by atoms with E-state index in [1.54, 1.807) is 0 Å². The molecule has 1 saturated carbocycles. The Balaban J connectivity index is 2.08. The Kier molecular flexibility index (Phi) is 5.91. The van der Waals surface area contributed by atoms with Crippen LogP contribution >= 0.6 is 0 Å². The molecule has 0 spiro atoms. The fraction of sp³-hybridized carbons (Fsp3) is 0.833. The first kappa shape index (κ1) is 14.8. The standard InChI is InChI=1S/C12H22N2O4/c1-2-18-8-6-12(4-5-12)9-14-11(17)13-7-3-10(15)16/h2-9H2,1H3,(H,15,16)(H2,13,14,17). The lowest BCUT2D eigenvalue weighted by Crippen LogP contribution is -2.39. The number of nitrogens with one attached hydrogen (secondary N) is 2. The molecule has 1 aliphatic rings. The lowest BCUT2D eigenvalue weighted by atomic mass is 10.0. The van der Waals surface area contributed by atoms with Crippen molar-refractivity contribution in [1.29, 1.82) is 0 Å². The average molecular weight is 258 g/mol. The van der Waals surface area contributed by atoms with Crippen LogP contribution in [0.5, 0.6) is 0 Å². The van der Waals surface area contributed by atoms with Gasteiger partial charge in [0.2, 0.25) is 0 Å². The van der Waals surface area contributed by atoms with Crippen LogP contribution in [0.4, 0.5) is 4.79 Å². The van der Waals surface area contributed by atoms with Gasteiger partial charge in [-0.25, -0.2) is 4.79 Å². The topological polar surface area (TPSA) is 87.7 Å². The molecular weight excluding hydrogens is 236 g/mol. The first-order chi connectivity index (χ1) is 8.58. The van der Waals surface area contributed by atoms with E-state index >= 15 is 0 Å². The quantitative estimate of drug-likeness (QED) is 0.538. The molecule has 3 N–H and O–H groups in total. The third kappa shape index (κ3) is 5.86. The Morgan fingerprint density at radius 3 is 2.61 bits per heavy atom. The molecule has 0 radical (unpaired) electrons. The predicted molar refractivity (Wildman–Crippen MR) is 66.4 cm³/mol. The molecular formula is C12H22N2O4. The highest BCUT2D eigenvalue weighted by Gasteiger charge is 2.42. The van der Waals surface area contributed by atoms with Crippen LogP contribution in [0.15, 0.2) is 0 Å². The number of hydrogen-bond acceptors (Lipinski definition) is 3. The van der Waals surface area contributed by atoms with Gasteiger partial charge in [-0.15, -0.1) is 0 Å².